The van der Waals surface area contributed by atoms with E-state index in [2.05, 4.69) is 4.29 Å². The minimum Gasteiger partial charge on any atom is -0.383 e. The van der Waals surface area contributed by atoms with E-state index in [1.54, 1.807) is 24.3 Å². The molecular weight excluding hydrogens is 218 g/mol. The smallest absolute Gasteiger partial charge is 0.258 e. The lowest BCUT2D eigenvalue weighted by Crippen LogP contribution is -2.29. The second kappa shape index (κ2) is 3.74. The van der Waals surface area contributed by atoms with Crippen LogP contribution in [0.3, 0.4) is 0 Å². The van der Waals surface area contributed by atoms with E-state index in [0.717, 1.165) is 4.90 Å². The van der Waals surface area contributed by atoms with Gasteiger partial charge in [-0.2, -0.15) is 0 Å². The summed E-state index contributed by atoms with van der Waals surface area (Å²) in [7, 11) is 0. The zero-order valence-corrected chi connectivity index (χ0v) is 8.27. The molecule has 1 aromatic carbocycles. The van der Waals surface area contributed by atoms with Crippen LogP contribution in [0.15, 0.2) is 36.4 Å². The summed E-state index contributed by atoms with van der Waals surface area (Å²) in [5.41, 5.74) is 0.340. The molecule has 0 saturated carbocycles. The predicted octanol–water partition coefficient (Wildman–Crippen LogP) is 1.65. The number of hydrogen-bond donors (Lipinski definition) is 0. The fraction of sp³-hybridized carbons (Fsp3) is 0. The van der Waals surface area contributed by atoms with E-state index in [1.165, 1.54) is 12.2 Å². The quantitative estimate of drug-likeness (QED) is 0.717. The zero-order chi connectivity index (χ0) is 10.8. The molecule has 0 atom stereocenters. The van der Waals surface area contributed by atoms with E-state index in [0.29, 0.717) is 5.69 Å². The van der Waals surface area contributed by atoms with Crippen molar-refractivity contribution in [1.29, 1.82) is 0 Å². The summed E-state index contributed by atoms with van der Waals surface area (Å²) in [4.78, 5) is 23.7. The topological polar surface area (TPSA) is 46.6 Å². The molecule has 0 N–H and O–H groups in total. The van der Waals surface area contributed by atoms with E-state index in [1.807, 2.05) is 0 Å². The van der Waals surface area contributed by atoms with Gasteiger partial charge in [-0.25, -0.2) is 4.90 Å². The van der Waals surface area contributed by atoms with Crippen LogP contribution in [0.5, 0.6) is 5.75 Å². The molecule has 0 unspecified atom stereocenters. The van der Waals surface area contributed by atoms with Crippen LogP contribution in [0, 0.1) is 0 Å². The Labute approximate surface area is 90.9 Å². The molecule has 1 aliphatic rings. The molecule has 0 spiro atoms. The molecule has 0 aliphatic carbocycles. The van der Waals surface area contributed by atoms with Crippen LogP contribution < -0.4 is 9.19 Å². The van der Waals surface area contributed by atoms with E-state index >= 15 is 0 Å². The number of halogens is 1. The SMILES string of the molecule is O=C1C=CC(=O)N1c1ccccc1OCl. The molecule has 0 bridgehead atoms. The molecule has 2 amide bonds. The van der Waals surface area contributed by atoms with Crippen molar-refractivity contribution in [2.45, 2.75) is 0 Å². The Balaban J connectivity index is 2.45. The summed E-state index contributed by atoms with van der Waals surface area (Å²) in [6, 6.07) is 6.54. The highest BCUT2D eigenvalue weighted by molar-refractivity contribution is 6.28. The average molecular weight is 224 g/mol. The first-order chi connectivity index (χ1) is 7.24. The van der Waals surface area contributed by atoms with Crippen molar-refractivity contribution in [2.24, 2.45) is 0 Å². The van der Waals surface area contributed by atoms with Crippen LogP contribution in [-0.4, -0.2) is 11.8 Å². The molecule has 1 aromatic rings. The van der Waals surface area contributed by atoms with Gasteiger partial charge in [0.25, 0.3) is 11.8 Å². The Bertz CT molecular complexity index is 438. The summed E-state index contributed by atoms with van der Waals surface area (Å²) in [6.07, 6.45) is 2.40. The Morgan fingerprint density at radius 2 is 1.67 bits per heavy atom. The third kappa shape index (κ3) is 1.59. The van der Waals surface area contributed by atoms with Gasteiger partial charge in [0.1, 0.15) is 11.9 Å². The lowest BCUT2D eigenvalue weighted by atomic mass is 10.2. The van der Waals surface area contributed by atoms with Gasteiger partial charge >= 0.3 is 0 Å². The van der Waals surface area contributed by atoms with Gasteiger partial charge in [0.15, 0.2) is 5.75 Å². The van der Waals surface area contributed by atoms with Gasteiger partial charge in [-0.05, 0) is 12.1 Å². The van der Waals surface area contributed by atoms with Crippen molar-refractivity contribution in [3.8, 4) is 5.75 Å². The summed E-state index contributed by atoms with van der Waals surface area (Å²) in [5, 5.41) is 0. The minimum absolute atomic E-state index is 0.268. The van der Waals surface area contributed by atoms with Crippen molar-refractivity contribution < 1.29 is 13.9 Å². The molecule has 5 heteroatoms. The van der Waals surface area contributed by atoms with Gasteiger partial charge in [0.2, 0.25) is 0 Å². The Morgan fingerprint density at radius 1 is 1.07 bits per heavy atom. The first-order valence-electron chi connectivity index (χ1n) is 4.18. The number of hydrogen-bond acceptors (Lipinski definition) is 3. The summed E-state index contributed by atoms with van der Waals surface area (Å²) >= 11 is 5.24. The zero-order valence-electron chi connectivity index (χ0n) is 7.51. The molecule has 4 nitrogen and oxygen atoms in total. The average Bonchev–Trinajstić information content (AvgIpc) is 2.59. The Hall–Kier alpha value is -1.81. The summed E-state index contributed by atoms with van der Waals surface area (Å²) in [6.45, 7) is 0. The predicted molar refractivity (Wildman–Crippen MR) is 54.6 cm³/mol. The molecule has 76 valence electrons. The largest absolute Gasteiger partial charge is 0.383 e. The van der Waals surface area contributed by atoms with Gasteiger partial charge in [-0.1, -0.05) is 12.1 Å². The fourth-order valence-corrected chi connectivity index (χ4v) is 1.48. The van der Waals surface area contributed by atoms with E-state index < -0.39 is 11.8 Å². The molecule has 2 rings (SSSR count). The molecule has 1 heterocycles. The summed E-state index contributed by atoms with van der Waals surface area (Å²) < 4.78 is 4.55. The van der Waals surface area contributed by atoms with Gasteiger partial charge in [0, 0.05) is 12.2 Å². The maximum absolute atomic E-state index is 11.4. The van der Waals surface area contributed by atoms with Gasteiger partial charge in [0.05, 0.1) is 5.69 Å². The van der Waals surface area contributed by atoms with Crippen LogP contribution in [0.2, 0.25) is 0 Å². The van der Waals surface area contributed by atoms with Crippen molar-refractivity contribution in [3.63, 3.8) is 0 Å². The maximum Gasteiger partial charge on any atom is 0.258 e. The van der Waals surface area contributed by atoms with Gasteiger partial charge in [-0.3, -0.25) is 9.59 Å². The number of amides is 2. The van der Waals surface area contributed by atoms with Crippen molar-refractivity contribution >= 4 is 29.4 Å². The molecule has 0 aromatic heterocycles. The number of para-hydroxylation sites is 2. The van der Waals surface area contributed by atoms with E-state index in [9.17, 15) is 9.59 Å². The number of carbonyl (C=O) groups excluding carboxylic acids is 2. The molecule has 15 heavy (non-hydrogen) atoms. The molecule has 0 saturated heterocycles. The first kappa shape index (κ1) is 9.73. The second-order valence-electron chi connectivity index (χ2n) is 2.89. The van der Waals surface area contributed by atoms with E-state index in [-0.39, 0.29) is 5.75 Å². The lowest BCUT2D eigenvalue weighted by Gasteiger charge is -2.15. The van der Waals surface area contributed by atoms with Crippen molar-refractivity contribution in [3.05, 3.63) is 36.4 Å². The standard InChI is InChI=1S/C10H6ClNO3/c11-15-8-4-2-1-3-7(8)12-9(13)5-6-10(12)14/h1-6H. The number of nitrogens with zero attached hydrogens (tertiary/aromatic N) is 1. The second-order valence-corrected chi connectivity index (χ2v) is 3.04. The molecule has 1 aliphatic heterocycles. The molecule has 0 fully saturated rings. The third-order valence-electron chi connectivity index (χ3n) is 2.00. The number of imide groups is 1. The van der Waals surface area contributed by atoms with E-state index in [4.69, 9.17) is 11.9 Å². The monoisotopic (exact) mass is 223 g/mol. The highest BCUT2D eigenvalue weighted by atomic mass is 35.5. The Morgan fingerprint density at radius 3 is 2.27 bits per heavy atom. The number of benzene rings is 1. The molecule has 0 radical (unpaired) electrons. The van der Waals surface area contributed by atoms with Gasteiger partial charge < -0.3 is 4.29 Å². The third-order valence-corrected chi connectivity index (χ3v) is 2.16. The molecular formula is C10H6ClNO3. The fourth-order valence-electron chi connectivity index (χ4n) is 1.34. The number of rotatable bonds is 2. The number of carbonyl (C=O) groups is 2. The van der Waals surface area contributed by atoms with Crippen LogP contribution in [-0.2, 0) is 9.59 Å². The highest BCUT2D eigenvalue weighted by Crippen LogP contribution is 2.30. The lowest BCUT2D eigenvalue weighted by molar-refractivity contribution is -0.120. The Kier molecular flexibility index (Phi) is 2.43. The maximum atomic E-state index is 11.4. The van der Waals surface area contributed by atoms with Crippen molar-refractivity contribution in [1.82, 2.24) is 0 Å². The van der Waals surface area contributed by atoms with Crippen LogP contribution in [0.4, 0.5) is 5.69 Å². The first-order valence-corrected chi connectivity index (χ1v) is 4.48. The normalized spacial score (nSPS) is 14.9. The van der Waals surface area contributed by atoms with Crippen molar-refractivity contribution in [2.75, 3.05) is 4.90 Å². The van der Waals surface area contributed by atoms with Gasteiger partial charge in [-0.15, -0.1) is 0 Å². The van der Waals surface area contributed by atoms with Crippen LogP contribution in [0.25, 0.3) is 0 Å². The van der Waals surface area contributed by atoms with Crippen LogP contribution >= 0.6 is 11.9 Å². The van der Waals surface area contributed by atoms with Crippen LogP contribution in [0.1, 0.15) is 0 Å². The number of anilines is 1. The summed E-state index contributed by atoms with van der Waals surface area (Å²) in [5.74, 6) is -0.535. The highest BCUT2D eigenvalue weighted by Gasteiger charge is 2.27. The minimum atomic E-state index is -0.402.